The first-order chi connectivity index (χ1) is 27.4. The van der Waals surface area contributed by atoms with Gasteiger partial charge < -0.3 is 35.4 Å². The van der Waals surface area contributed by atoms with Gasteiger partial charge in [-0.3, -0.25) is 39.2 Å². The Balaban J connectivity index is 1.25. The zero-order valence-corrected chi connectivity index (χ0v) is 32.4. The van der Waals surface area contributed by atoms with Crippen LogP contribution in [-0.2, 0) is 19.6 Å². The number of aromatic nitrogens is 8. The Morgan fingerprint density at radius 1 is 0.825 bits per heavy atom. The molecule has 19 heteroatoms. The van der Waals surface area contributed by atoms with Crippen LogP contribution in [0.3, 0.4) is 0 Å². The van der Waals surface area contributed by atoms with E-state index >= 15 is 0 Å². The molecule has 7 N–H and O–H groups in total. The predicted octanol–water partition coefficient (Wildman–Crippen LogP) is 3.15. The smallest absolute Gasteiger partial charge is 0.276 e. The van der Waals surface area contributed by atoms with Gasteiger partial charge in [-0.05, 0) is 84.0 Å². The second-order valence-corrected chi connectivity index (χ2v) is 13.7. The minimum atomic E-state index is -0.651. The number of carbonyl (C=O) groups is 4. The van der Waals surface area contributed by atoms with E-state index < -0.39 is 23.6 Å². The Bertz CT molecular complexity index is 2540. The van der Waals surface area contributed by atoms with E-state index in [2.05, 4.69) is 26.1 Å². The molecule has 4 aromatic heterocycles. The van der Waals surface area contributed by atoms with E-state index in [9.17, 15) is 19.2 Å². The van der Waals surface area contributed by atoms with Gasteiger partial charge >= 0.3 is 0 Å². The van der Waals surface area contributed by atoms with E-state index in [-0.39, 0.29) is 42.3 Å². The fourth-order valence-electron chi connectivity index (χ4n) is 7.18. The van der Waals surface area contributed by atoms with Gasteiger partial charge in [0.25, 0.3) is 11.8 Å². The summed E-state index contributed by atoms with van der Waals surface area (Å²) >= 11 is 0. The first-order valence-corrected chi connectivity index (χ1v) is 18.7. The number of nitrogens with two attached hydrogens (primary N) is 2. The summed E-state index contributed by atoms with van der Waals surface area (Å²) in [6, 6.07) is 9.40. The summed E-state index contributed by atoms with van der Waals surface area (Å²) in [7, 11) is 1.80. The highest BCUT2D eigenvalue weighted by molar-refractivity contribution is 6.05. The third kappa shape index (κ3) is 7.48. The lowest BCUT2D eigenvalue weighted by molar-refractivity contribution is 0.0991. The second kappa shape index (κ2) is 15.8. The molecule has 0 saturated carbocycles. The zero-order valence-electron chi connectivity index (χ0n) is 32.4. The Kier molecular flexibility index (Phi) is 10.7. The highest BCUT2D eigenvalue weighted by atomic mass is 16.5. The van der Waals surface area contributed by atoms with Crippen molar-refractivity contribution in [3.8, 4) is 11.5 Å². The fourth-order valence-corrected chi connectivity index (χ4v) is 7.18. The van der Waals surface area contributed by atoms with Crippen molar-refractivity contribution in [2.45, 2.75) is 66.2 Å². The van der Waals surface area contributed by atoms with Crippen molar-refractivity contribution >= 4 is 57.6 Å². The van der Waals surface area contributed by atoms with Crippen LogP contribution in [0.2, 0.25) is 0 Å². The zero-order chi connectivity index (χ0) is 40.5. The minimum absolute atomic E-state index is 0.199. The van der Waals surface area contributed by atoms with Crippen molar-refractivity contribution in [1.82, 2.24) is 44.0 Å². The molecule has 19 nitrogen and oxygen atoms in total. The van der Waals surface area contributed by atoms with Crippen LogP contribution in [0.4, 0.5) is 11.9 Å². The highest BCUT2D eigenvalue weighted by Crippen LogP contribution is 2.39. The lowest BCUT2D eigenvalue weighted by Gasteiger charge is -2.27. The number of nitrogens with zero attached hydrogens (tertiary/aromatic N) is 8. The van der Waals surface area contributed by atoms with Crippen molar-refractivity contribution in [2.75, 3.05) is 37.4 Å². The third-order valence-electron chi connectivity index (χ3n) is 9.77. The van der Waals surface area contributed by atoms with Gasteiger partial charge in [0.1, 0.15) is 47.1 Å². The van der Waals surface area contributed by atoms with Crippen molar-refractivity contribution < 1.29 is 28.7 Å². The van der Waals surface area contributed by atoms with E-state index in [1.54, 1.807) is 52.8 Å². The lowest BCUT2D eigenvalue weighted by atomic mass is 10.1. The summed E-state index contributed by atoms with van der Waals surface area (Å²) in [5.74, 6) is -0.780. The first-order valence-electron chi connectivity index (χ1n) is 18.7. The maximum absolute atomic E-state index is 13.7. The number of primary amides is 2. The van der Waals surface area contributed by atoms with Crippen LogP contribution < -0.4 is 36.9 Å². The molecule has 0 bridgehead atoms. The maximum atomic E-state index is 13.7. The molecule has 5 heterocycles. The number of rotatable bonds is 16. The molecule has 0 spiro atoms. The molecule has 1 atom stereocenters. The molecule has 0 fully saturated rings. The number of aryl methyl sites for hydroxylation is 5. The minimum Gasteiger partial charge on any atom is -0.490 e. The number of hydrogen-bond acceptors (Lipinski definition) is 11. The Hall–Kier alpha value is -6.76. The van der Waals surface area contributed by atoms with Crippen LogP contribution in [0, 0.1) is 13.8 Å². The summed E-state index contributed by atoms with van der Waals surface area (Å²) < 4.78 is 19.4. The number of likely N-dealkylation sites (N-methyl/N-ethyl adjacent to an activating group) is 1. The Morgan fingerprint density at radius 3 is 2.00 bits per heavy atom. The number of imidazole rings is 2. The number of ether oxygens (including phenoxy) is 2. The molecular weight excluding hydrogens is 735 g/mol. The molecule has 1 aliphatic heterocycles. The Labute approximate surface area is 326 Å². The molecule has 7 rings (SSSR count). The van der Waals surface area contributed by atoms with Crippen LogP contribution in [0.25, 0.3) is 22.1 Å². The quantitative estimate of drug-likeness (QED) is 0.0893. The average Bonchev–Trinajstić information content (AvgIpc) is 3.95. The van der Waals surface area contributed by atoms with Crippen molar-refractivity contribution in [3.05, 3.63) is 70.3 Å². The summed E-state index contributed by atoms with van der Waals surface area (Å²) in [5.41, 5.74) is 15.9. The second-order valence-electron chi connectivity index (χ2n) is 13.7. The standard InChI is InChI=1S/C38H45N13O6/c1-6-49-27(13-20(3)46-49)35(54)44-37-42-25-15-22(33(39)52)17-29(56-12-10-41-5)31(25)48(37)11-8-9-24-19-57-30-18-23(34(40)53)16-26-32(30)51(24)38(43-26)45-36(55)28-14-21(4)47-50(28)7-2/h13-18,24,41H,6-12,19H2,1-5H3,(H2,39,52)(H2,40,53)(H,42,44,54)(H,43,45,55)/t24-/m0/s1. The molecule has 0 radical (unpaired) electrons. The molecule has 6 aromatic rings. The molecule has 1 aliphatic rings. The number of hydrogen-bond donors (Lipinski definition) is 5. The van der Waals surface area contributed by atoms with Gasteiger partial charge in [-0.1, -0.05) is 0 Å². The average molecular weight is 780 g/mol. The van der Waals surface area contributed by atoms with Gasteiger partial charge in [-0.25, -0.2) is 9.97 Å². The number of fused-ring (bicyclic) bond motifs is 1. The fraction of sp³-hybridized carbons (Fsp3) is 0.368. The van der Waals surface area contributed by atoms with Gasteiger partial charge in [0, 0.05) is 37.3 Å². The lowest BCUT2D eigenvalue weighted by Crippen LogP contribution is -2.26. The van der Waals surface area contributed by atoms with E-state index in [1.807, 2.05) is 36.8 Å². The van der Waals surface area contributed by atoms with Crippen LogP contribution in [-0.4, -0.2) is 89.1 Å². The molecule has 4 amide bonds. The SMILES string of the molecule is CCn1nc(C)cc1C(=O)Nc1nc2cc(C(N)=O)cc(OCCNC)c2n1CCC[C@H]1COc2cc(C(N)=O)cc3nc(NC(=O)c4cc(C)nn4CC)n1c23. The van der Waals surface area contributed by atoms with E-state index in [0.29, 0.717) is 95.4 Å². The molecule has 0 unspecified atom stereocenters. The normalized spacial score (nSPS) is 13.5. The van der Waals surface area contributed by atoms with Gasteiger partial charge in [0.15, 0.2) is 0 Å². The van der Waals surface area contributed by atoms with Crippen LogP contribution >= 0.6 is 0 Å². The third-order valence-corrected chi connectivity index (χ3v) is 9.77. The molecule has 57 heavy (non-hydrogen) atoms. The maximum Gasteiger partial charge on any atom is 0.276 e. The van der Waals surface area contributed by atoms with Gasteiger partial charge in [0.05, 0.1) is 28.5 Å². The van der Waals surface area contributed by atoms with Crippen LogP contribution in [0.1, 0.15) is 85.8 Å². The summed E-state index contributed by atoms with van der Waals surface area (Å²) in [6.45, 7) is 9.77. The predicted molar refractivity (Wildman–Crippen MR) is 211 cm³/mol. The van der Waals surface area contributed by atoms with Crippen molar-refractivity contribution in [1.29, 1.82) is 0 Å². The van der Waals surface area contributed by atoms with Gasteiger partial charge in [0.2, 0.25) is 23.7 Å². The molecule has 0 aliphatic carbocycles. The summed E-state index contributed by atoms with van der Waals surface area (Å²) in [5, 5.41) is 17.8. The van der Waals surface area contributed by atoms with Crippen LogP contribution in [0.5, 0.6) is 11.5 Å². The van der Waals surface area contributed by atoms with E-state index in [0.717, 1.165) is 0 Å². The molecular formula is C38H45N13O6. The number of nitrogens with one attached hydrogen (secondary N) is 3. The number of carbonyl (C=O) groups excluding carboxylic acids is 4. The van der Waals surface area contributed by atoms with Crippen LogP contribution in [0.15, 0.2) is 36.4 Å². The van der Waals surface area contributed by atoms with Gasteiger partial charge in [-0.15, -0.1) is 0 Å². The number of amides is 4. The van der Waals surface area contributed by atoms with E-state index in [1.165, 1.54) is 0 Å². The first kappa shape index (κ1) is 38.5. The molecule has 2 aromatic carbocycles. The molecule has 298 valence electrons. The summed E-state index contributed by atoms with van der Waals surface area (Å²) in [6.07, 6.45) is 1.03. The topological polar surface area (TPSA) is 246 Å². The van der Waals surface area contributed by atoms with Gasteiger partial charge in [-0.2, -0.15) is 10.2 Å². The monoisotopic (exact) mass is 779 g/mol. The van der Waals surface area contributed by atoms with E-state index in [4.69, 9.17) is 30.9 Å². The number of anilines is 2. The summed E-state index contributed by atoms with van der Waals surface area (Å²) in [4.78, 5) is 61.5. The molecule has 0 saturated heterocycles. The largest absolute Gasteiger partial charge is 0.490 e. The van der Waals surface area contributed by atoms with Crippen molar-refractivity contribution in [2.24, 2.45) is 11.5 Å². The highest BCUT2D eigenvalue weighted by Gasteiger charge is 2.30. The number of benzene rings is 2. The van der Waals surface area contributed by atoms with Crippen molar-refractivity contribution in [3.63, 3.8) is 0 Å². The Morgan fingerprint density at radius 2 is 1.40 bits per heavy atom.